The second kappa shape index (κ2) is 6.69. The first-order chi connectivity index (χ1) is 11.8. The quantitative estimate of drug-likeness (QED) is 0.623. The third kappa shape index (κ3) is 3.31. The summed E-state index contributed by atoms with van der Waals surface area (Å²) < 4.78 is 0. The predicted molar refractivity (Wildman–Crippen MR) is 98.6 cm³/mol. The number of carbonyl (C=O) groups excluding carboxylic acids is 1. The topological polar surface area (TPSA) is 56.9 Å². The van der Waals surface area contributed by atoms with Crippen LogP contribution in [0.1, 0.15) is 29.2 Å². The van der Waals surface area contributed by atoms with Crippen LogP contribution in [0.25, 0.3) is 10.9 Å². The molecule has 24 heavy (non-hydrogen) atoms. The van der Waals surface area contributed by atoms with Gasteiger partial charge in [-0.2, -0.15) is 0 Å². The van der Waals surface area contributed by atoms with Gasteiger partial charge in [-0.15, -0.1) is 11.3 Å². The number of thiophene rings is 1. The summed E-state index contributed by atoms with van der Waals surface area (Å²) in [7, 11) is 0. The van der Waals surface area contributed by atoms with Crippen LogP contribution >= 0.6 is 11.3 Å². The fourth-order valence-electron chi connectivity index (χ4n) is 3.05. The molecule has 0 spiro atoms. The second-order valence-corrected chi connectivity index (χ2v) is 7.37. The minimum absolute atomic E-state index is 0.0664. The monoisotopic (exact) mass is 339 g/mol. The van der Waals surface area contributed by atoms with Crippen molar-refractivity contribution >= 4 is 28.3 Å². The number of H-pyrrole nitrogens is 1. The molecule has 2 amide bonds. The van der Waals surface area contributed by atoms with Gasteiger partial charge < -0.3 is 15.6 Å². The van der Waals surface area contributed by atoms with Gasteiger partial charge in [-0.05, 0) is 41.8 Å². The molecule has 5 heteroatoms. The number of hydrogen-bond acceptors (Lipinski definition) is 2. The van der Waals surface area contributed by atoms with Crippen LogP contribution in [0.3, 0.4) is 0 Å². The number of fused-ring (bicyclic) bond motifs is 1. The Morgan fingerprint density at radius 2 is 2.08 bits per heavy atom. The van der Waals surface area contributed by atoms with Crippen LogP contribution in [-0.4, -0.2) is 24.1 Å². The molecule has 2 aromatic heterocycles. The molecular weight excluding hydrogens is 318 g/mol. The first-order valence-corrected chi connectivity index (χ1v) is 9.30. The van der Waals surface area contributed by atoms with E-state index in [1.807, 2.05) is 6.07 Å². The third-order valence-electron chi connectivity index (χ3n) is 4.60. The van der Waals surface area contributed by atoms with Gasteiger partial charge in [-0.3, -0.25) is 0 Å². The van der Waals surface area contributed by atoms with E-state index in [-0.39, 0.29) is 11.9 Å². The zero-order valence-corrected chi connectivity index (χ0v) is 14.2. The van der Waals surface area contributed by atoms with Crippen molar-refractivity contribution in [2.24, 2.45) is 5.92 Å². The standard InChI is InChI=1S/C19H21N3OS/c23-19(21-10-13-7-8-13)22-12-16(18-6-3-9-24-18)15-11-20-17-5-2-1-4-14(15)17/h1-6,9,11,13,16,20H,7-8,10,12H2,(H2,21,22,23)/t16-/m1/s1. The molecule has 0 bridgehead atoms. The number of para-hydroxylation sites is 1. The molecule has 124 valence electrons. The van der Waals surface area contributed by atoms with Crippen LogP contribution in [0, 0.1) is 5.92 Å². The summed E-state index contributed by atoms with van der Waals surface area (Å²) >= 11 is 1.73. The van der Waals surface area contributed by atoms with Crippen LogP contribution in [0.2, 0.25) is 0 Å². The van der Waals surface area contributed by atoms with E-state index >= 15 is 0 Å². The number of nitrogens with one attached hydrogen (secondary N) is 3. The molecule has 0 radical (unpaired) electrons. The van der Waals surface area contributed by atoms with Crippen LogP contribution in [0.4, 0.5) is 4.79 Å². The molecule has 0 unspecified atom stereocenters. The number of amides is 2. The Hall–Kier alpha value is -2.27. The molecule has 1 atom stereocenters. The molecule has 1 aliphatic rings. The molecule has 1 fully saturated rings. The number of rotatable bonds is 6. The van der Waals surface area contributed by atoms with E-state index in [1.165, 1.54) is 28.7 Å². The second-order valence-electron chi connectivity index (χ2n) is 6.39. The minimum Gasteiger partial charge on any atom is -0.361 e. The molecule has 3 N–H and O–H groups in total. The van der Waals surface area contributed by atoms with Crippen LogP contribution in [0.5, 0.6) is 0 Å². The minimum atomic E-state index is -0.0664. The molecule has 0 saturated heterocycles. The van der Waals surface area contributed by atoms with E-state index in [0.29, 0.717) is 12.5 Å². The number of carbonyl (C=O) groups is 1. The number of aromatic nitrogens is 1. The normalized spacial score (nSPS) is 15.3. The smallest absolute Gasteiger partial charge is 0.314 e. The fraction of sp³-hybridized carbons (Fsp3) is 0.316. The molecule has 4 nitrogen and oxygen atoms in total. The molecule has 0 aliphatic heterocycles. The summed E-state index contributed by atoms with van der Waals surface area (Å²) in [5, 5.41) is 9.33. The van der Waals surface area contributed by atoms with Gasteiger partial charge in [0.2, 0.25) is 0 Å². The van der Waals surface area contributed by atoms with Gasteiger partial charge >= 0.3 is 6.03 Å². The van der Waals surface area contributed by atoms with Crippen molar-refractivity contribution in [2.75, 3.05) is 13.1 Å². The van der Waals surface area contributed by atoms with Crippen molar-refractivity contribution in [3.8, 4) is 0 Å². The van der Waals surface area contributed by atoms with E-state index in [1.54, 1.807) is 11.3 Å². The van der Waals surface area contributed by atoms with Gasteiger partial charge in [0.15, 0.2) is 0 Å². The fourth-order valence-corrected chi connectivity index (χ4v) is 3.90. The highest BCUT2D eigenvalue weighted by Crippen LogP contribution is 2.32. The number of benzene rings is 1. The van der Waals surface area contributed by atoms with Gasteiger partial charge in [0, 0.05) is 41.0 Å². The number of hydrogen-bond donors (Lipinski definition) is 3. The van der Waals surface area contributed by atoms with Gasteiger partial charge in [0.1, 0.15) is 0 Å². The lowest BCUT2D eigenvalue weighted by Gasteiger charge is -2.16. The lowest BCUT2D eigenvalue weighted by molar-refractivity contribution is 0.240. The van der Waals surface area contributed by atoms with Gasteiger partial charge in [-0.1, -0.05) is 24.3 Å². The Kier molecular flexibility index (Phi) is 4.26. The summed E-state index contributed by atoms with van der Waals surface area (Å²) in [6.45, 7) is 1.39. The summed E-state index contributed by atoms with van der Waals surface area (Å²) in [6, 6.07) is 12.4. The number of urea groups is 1. The largest absolute Gasteiger partial charge is 0.361 e. The third-order valence-corrected chi connectivity index (χ3v) is 5.58. The Balaban J connectivity index is 1.52. The molecular formula is C19H21N3OS. The molecule has 3 aromatic rings. The van der Waals surface area contributed by atoms with Crippen molar-refractivity contribution in [3.05, 3.63) is 58.4 Å². The Bertz CT molecular complexity index is 820. The van der Waals surface area contributed by atoms with Crippen molar-refractivity contribution < 1.29 is 4.79 Å². The van der Waals surface area contributed by atoms with E-state index in [9.17, 15) is 4.79 Å². The number of aromatic amines is 1. The summed E-state index contributed by atoms with van der Waals surface area (Å²) in [5.41, 5.74) is 2.36. The van der Waals surface area contributed by atoms with E-state index in [0.717, 1.165) is 12.1 Å². The van der Waals surface area contributed by atoms with Crippen molar-refractivity contribution in [2.45, 2.75) is 18.8 Å². The Morgan fingerprint density at radius 1 is 1.21 bits per heavy atom. The SMILES string of the molecule is O=C(NCC1CC1)NC[C@@H](c1cccs1)c1c[nH]c2ccccc12. The van der Waals surface area contributed by atoms with Crippen molar-refractivity contribution in [3.63, 3.8) is 0 Å². The summed E-state index contributed by atoms with van der Waals surface area (Å²) in [6.07, 6.45) is 4.56. The average molecular weight is 339 g/mol. The van der Waals surface area contributed by atoms with Crippen LogP contribution in [-0.2, 0) is 0 Å². The van der Waals surface area contributed by atoms with Crippen molar-refractivity contribution in [1.82, 2.24) is 15.6 Å². The Labute approximate surface area is 145 Å². The lowest BCUT2D eigenvalue weighted by atomic mass is 9.97. The molecule has 1 saturated carbocycles. The first-order valence-electron chi connectivity index (χ1n) is 8.42. The van der Waals surface area contributed by atoms with Crippen LogP contribution in [0.15, 0.2) is 48.0 Å². The molecule has 2 heterocycles. The Morgan fingerprint density at radius 3 is 2.88 bits per heavy atom. The highest BCUT2D eigenvalue weighted by Gasteiger charge is 2.23. The van der Waals surface area contributed by atoms with Crippen LogP contribution < -0.4 is 10.6 Å². The lowest BCUT2D eigenvalue weighted by Crippen LogP contribution is -2.38. The summed E-state index contributed by atoms with van der Waals surface area (Å²) in [4.78, 5) is 16.7. The maximum atomic E-state index is 12.1. The van der Waals surface area contributed by atoms with Gasteiger partial charge in [0.05, 0.1) is 0 Å². The molecule has 1 aromatic carbocycles. The zero-order chi connectivity index (χ0) is 16.4. The molecule has 1 aliphatic carbocycles. The highest BCUT2D eigenvalue weighted by molar-refractivity contribution is 7.10. The summed E-state index contributed by atoms with van der Waals surface area (Å²) in [5.74, 6) is 0.852. The van der Waals surface area contributed by atoms with E-state index < -0.39 is 0 Å². The predicted octanol–water partition coefficient (Wildman–Crippen LogP) is 4.07. The maximum absolute atomic E-state index is 12.1. The molecule has 4 rings (SSSR count). The maximum Gasteiger partial charge on any atom is 0.314 e. The average Bonchev–Trinajstić information content (AvgIpc) is 3.09. The van der Waals surface area contributed by atoms with Crippen molar-refractivity contribution in [1.29, 1.82) is 0 Å². The van der Waals surface area contributed by atoms with Gasteiger partial charge in [0.25, 0.3) is 0 Å². The first kappa shape index (κ1) is 15.3. The zero-order valence-electron chi connectivity index (χ0n) is 13.4. The van der Waals surface area contributed by atoms with E-state index in [2.05, 4.69) is 57.5 Å². The van der Waals surface area contributed by atoms with Gasteiger partial charge in [-0.25, -0.2) is 4.79 Å². The van der Waals surface area contributed by atoms with E-state index in [4.69, 9.17) is 0 Å². The highest BCUT2D eigenvalue weighted by atomic mass is 32.1.